The van der Waals surface area contributed by atoms with Crippen molar-refractivity contribution in [1.82, 2.24) is 0 Å². The average Bonchev–Trinajstić information content (AvgIpc) is 3.83. The lowest BCUT2D eigenvalue weighted by Crippen LogP contribution is -2.17. The Bertz CT molecular complexity index is 1540. The van der Waals surface area contributed by atoms with Gasteiger partial charge in [0.05, 0.1) is 0 Å². The second kappa shape index (κ2) is 15.2. The van der Waals surface area contributed by atoms with Crippen LogP contribution in [0.15, 0.2) is 60.7 Å². The molecule has 0 saturated heterocycles. The molecule has 5 heteroatoms. The predicted octanol–water partition coefficient (Wildman–Crippen LogP) is 14.9. The van der Waals surface area contributed by atoms with Gasteiger partial charge in [0.2, 0.25) is 0 Å². The molecule has 2 unspecified atom stereocenters. The van der Waals surface area contributed by atoms with E-state index in [2.05, 4.69) is 81.4 Å². The van der Waals surface area contributed by atoms with E-state index in [-0.39, 0.29) is 0 Å². The topological polar surface area (TPSA) is 0 Å². The molecule has 1 aliphatic rings. The van der Waals surface area contributed by atoms with Gasteiger partial charge in [-0.25, -0.2) is 0 Å². The van der Waals surface area contributed by atoms with Crippen LogP contribution in [0.4, 0.5) is 0 Å². The van der Waals surface area contributed by atoms with Crippen molar-refractivity contribution < 1.29 is 0 Å². The average molecular weight is 663 g/mol. The van der Waals surface area contributed by atoms with Crippen LogP contribution in [-0.4, -0.2) is 0 Å². The fraction of sp³-hybridized carbons (Fsp3) is 0.474. The molecule has 0 nitrogen and oxygen atoms in total. The van der Waals surface area contributed by atoms with Gasteiger partial charge >= 0.3 is 0 Å². The maximum atomic E-state index is 2.44. The molecule has 0 radical (unpaired) electrons. The molecule has 228 valence electrons. The molecular formula is C38H46S5. The standard InChI is InChI=1S/C38H46S5/c1-4-5-6-7-8-9-10-11-12-29-13-14-31(39-29)32-17-18-35(41-32)36-21-22-38(43-36)37-20-19-34(42-37)33-16-15-30(40-33)28-24-26(2)23-27(3)25-28/h13-22,26-28H,4-12,23-25H2,1-3H3. The molecule has 0 amide bonds. The summed E-state index contributed by atoms with van der Waals surface area (Å²) >= 11 is 9.87. The first-order valence-electron chi connectivity index (χ1n) is 16.5. The van der Waals surface area contributed by atoms with Crippen LogP contribution in [0.3, 0.4) is 0 Å². The number of unbranched alkanes of at least 4 members (excludes halogenated alkanes) is 7. The molecule has 0 N–H and O–H groups in total. The molecule has 5 aromatic rings. The fourth-order valence-electron chi connectivity index (χ4n) is 6.77. The Morgan fingerprint density at radius 3 is 1.42 bits per heavy atom. The van der Waals surface area contributed by atoms with Crippen molar-refractivity contribution in [2.75, 3.05) is 0 Å². The minimum Gasteiger partial charge on any atom is -0.139 e. The van der Waals surface area contributed by atoms with Crippen molar-refractivity contribution in [3.05, 3.63) is 70.4 Å². The Hall–Kier alpha value is -1.50. The van der Waals surface area contributed by atoms with E-state index in [1.54, 1.807) is 9.75 Å². The van der Waals surface area contributed by atoms with Crippen molar-refractivity contribution in [1.29, 1.82) is 0 Å². The third kappa shape index (κ3) is 8.21. The van der Waals surface area contributed by atoms with Crippen LogP contribution >= 0.6 is 56.7 Å². The lowest BCUT2D eigenvalue weighted by Gasteiger charge is -2.30. The van der Waals surface area contributed by atoms with Gasteiger partial charge in [0, 0.05) is 48.8 Å². The Morgan fingerprint density at radius 2 is 0.884 bits per heavy atom. The zero-order valence-electron chi connectivity index (χ0n) is 26.0. The van der Waals surface area contributed by atoms with Crippen molar-refractivity contribution in [3.8, 4) is 39.0 Å². The van der Waals surface area contributed by atoms with Gasteiger partial charge < -0.3 is 0 Å². The lowest BCUT2D eigenvalue weighted by molar-refractivity contribution is 0.270. The summed E-state index contributed by atoms with van der Waals surface area (Å²) in [5, 5.41) is 0. The van der Waals surface area contributed by atoms with E-state index >= 15 is 0 Å². The van der Waals surface area contributed by atoms with Gasteiger partial charge in [-0.3, -0.25) is 0 Å². The van der Waals surface area contributed by atoms with E-state index in [4.69, 9.17) is 0 Å². The summed E-state index contributed by atoms with van der Waals surface area (Å²) in [6, 6.07) is 23.5. The molecule has 1 aliphatic carbocycles. The van der Waals surface area contributed by atoms with Gasteiger partial charge in [-0.15, -0.1) is 56.7 Å². The summed E-state index contributed by atoms with van der Waals surface area (Å²) < 4.78 is 0. The smallest absolute Gasteiger partial charge is 0.0449 e. The Morgan fingerprint density at radius 1 is 0.465 bits per heavy atom. The minimum atomic E-state index is 0.753. The van der Waals surface area contributed by atoms with Crippen LogP contribution in [0.2, 0.25) is 0 Å². The number of hydrogen-bond donors (Lipinski definition) is 0. The third-order valence-corrected chi connectivity index (χ3v) is 15.4. The largest absolute Gasteiger partial charge is 0.139 e. The van der Waals surface area contributed by atoms with Crippen LogP contribution in [-0.2, 0) is 6.42 Å². The fourth-order valence-corrected chi connectivity index (χ4v) is 12.3. The molecule has 6 rings (SSSR count). The van der Waals surface area contributed by atoms with E-state index in [0.29, 0.717) is 0 Å². The van der Waals surface area contributed by atoms with Crippen LogP contribution in [0.1, 0.15) is 107 Å². The van der Waals surface area contributed by atoms with Gasteiger partial charge in [-0.2, -0.15) is 0 Å². The van der Waals surface area contributed by atoms with Gasteiger partial charge in [-0.1, -0.05) is 65.7 Å². The van der Waals surface area contributed by atoms with E-state index in [9.17, 15) is 0 Å². The molecule has 1 fully saturated rings. The Balaban J connectivity index is 1.04. The number of hydrogen-bond acceptors (Lipinski definition) is 5. The Labute approximate surface area is 279 Å². The molecule has 0 spiro atoms. The van der Waals surface area contributed by atoms with Crippen LogP contribution < -0.4 is 0 Å². The number of aryl methyl sites for hydroxylation is 1. The summed E-state index contributed by atoms with van der Waals surface area (Å²) in [5.41, 5.74) is 0. The molecule has 5 aromatic heterocycles. The zero-order valence-corrected chi connectivity index (χ0v) is 30.1. The highest BCUT2D eigenvalue weighted by atomic mass is 32.1. The van der Waals surface area contributed by atoms with Crippen LogP contribution in [0.25, 0.3) is 39.0 Å². The molecule has 0 aliphatic heterocycles. The van der Waals surface area contributed by atoms with Gasteiger partial charge in [0.15, 0.2) is 0 Å². The molecule has 0 bridgehead atoms. The monoisotopic (exact) mass is 662 g/mol. The van der Waals surface area contributed by atoms with Crippen molar-refractivity contribution >= 4 is 56.7 Å². The predicted molar refractivity (Wildman–Crippen MR) is 199 cm³/mol. The first kappa shape index (κ1) is 31.5. The summed E-state index contributed by atoms with van der Waals surface area (Å²) in [7, 11) is 0. The van der Waals surface area contributed by atoms with Crippen molar-refractivity contribution in [2.24, 2.45) is 11.8 Å². The molecule has 2 atom stereocenters. The Kier molecular flexibility index (Phi) is 11.1. The minimum absolute atomic E-state index is 0.753. The highest BCUT2D eigenvalue weighted by Gasteiger charge is 2.26. The SMILES string of the molecule is CCCCCCCCCCc1ccc(-c2ccc(-c3ccc(-c4ccc(-c5ccc(C6CC(C)CC(C)C6)s5)s4)s3)s2)s1. The lowest BCUT2D eigenvalue weighted by atomic mass is 9.76. The van der Waals surface area contributed by atoms with E-state index < -0.39 is 0 Å². The quantitative estimate of drug-likeness (QED) is 0.104. The summed E-state index contributed by atoms with van der Waals surface area (Å²) in [6.45, 7) is 7.17. The van der Waals surface area contributed by atoms with Gasteiger partial charge in [-0.05, 0) is 111 Å². The van der Waals surface area contributed by atoms with Gasteiger partial charge in [0.1, 0.15) is 0 Å². The van der Waals surface area contributed by atoms with Crippen LogP contribution in [0.5, 0.6) is 0 Å². The van der Waals surface area contributed by atoms with E-state index in [1.165, 1.54) is 116 Å². The second-order valence-electron chi connectivity index (χ2n) is 12.8. The molecular weight excluding hydrogens is 617 g/mol. The second-order valence-corrected chi connectivity index (χ2v) is 18.3. The van der Waals surface area contributed by atoms with Crippen molar-refractivity contribution in [3.63, 3.8) is 0 Å². The third-order valence-electron chi connectivity index (χ3n) is 8.94. The highest BCUT2D eigenvalue weighted by Crippen LogP contribution is 2.47. The summed E-state index contributed by atoms with van der Waals surface area (Å²) in [6.07, 6.45) is 16.5. The highest BCUT2D eigenvalue weighted by molar-refractivity contribution is 7.29. The number of thiophene rings is 5. The maximum absolute atomic E-state index is 2.44. The molecule has 1 saturated carbocycles. The summed E-state index contributed by atoms with van der Waals surface area (Å²) in [5.74, 6) is 2.46. The number of rotatable bonds is 14. The zero-order chi connectivity index (χ0) is 29.6. The van der Waals surface area contributed by atoms with E-state index in [0.717, 1.165) is 17.8 Å². The van der Waals surface area contributed by atoms with E-state index in [1.807, 2.05) is 56.7 Å². The molecule has 5 heterocycles. The molecule has 43 heavy (non-hydrogen) atoms. The molecule has 0 aromatic carbocycles. The van der Waals surface area contributed by atoms with Crippen LogP contribution in [0, 0.1) is 11.8 Å². The van der Waals surface area contributed by atoms with Gasteiger partial charge in [0.25, 0.3) is 0 Å². The normalized spacial score (nSPS) is 18.9. The first-order chi connectivity index (χ1) is 21.1. The maximum Gasteiger partial charge on any atom is 0.0449 e. The summed E-state index contributed by atoms with van der Waals surface area (Å²) in [4.78, 5) is 14.4. The first-order valence-corrected chi connectivity index (χ1v) is 20.6. The van der Waals surface area contributed by atoms with Crippen molar-refractivity contribution in [2.45, 2.75) is 104 Å².